The van der Waals surface area contributed by atoms with Gasteiger partial charge in [-0.05, 0) is 48.4 Å². The van der Waals surface area contributed by atoms with Gasteiger partial charge in [-0.2, -0.15) is 13.2 Å². The Labute approximate surface area is 224 Å². The SMILES string of the molecule is Cc1ccc(C(=O)Nc2ccc(CN3CCN(CCF)CC3)c(C(F)(F)F)c2)cc1C#Cc1cncc(N)c1. The van der Waals surface area contributed by atoms with Crippen LogP contribution in [0.2, 0.25) is 0 Å². The fourth-order valence-electron chi connectivity index (χ4n) is 4.35. The first kappa shape index (κ1) is 28.1. The summed E-state index contributed by atoms with van der Waals surface area (Å²) in [6.07, 6.45) is -1.51. The molecule has 0 atom stereocenters. The summed E-state index contributed by atoms with van der Waals surface area (Å²) in [5, 5.41) is 2.58. The number of nitrogen functional groups attached to an aromatic ring is 1. The Morgan fingerprint density at radius 3 is 2.46 bits per heavy atom. The van der Waals surface area contributed by atoms with Crippen molar-refractivity contribution in [3.8, 4) is 11.8 Å². The number of pyridine rings is 1. The van der Waals surface area contributed by atoms with Crippen LogP contribution in [0.4, 0.5) is 28.9 Å². The predicted molar refractivity (Wildman–Crippen MR) is 143 cm³/mol. The van der Waals surface area contributed by atoms with E-state index in [1.54, 1.807) is 30.5 Å². The highest BCUT2D eigenvalue weighted by Crippen LogP contribution is 2.34. The molecule has 3 N–H and O–H groups in total. The second-order valence-corrected chi connectivity index (χ2v) is 9.42. The van der Waals surface area contributed by atoms with Crippen molar-refractivity contribution < 1.29 is 22.4 Å². The van der Waals surface area contributed by atoms with E-state index in [0.29, 0.717) is 49.5 Å². The zero-order valence-electron chi connectivity index (χ0n) is 21.5. The van der Waals surface area contributed by atoms with Gasteiger partial charge in [0.05, 0.1) is 11.3 Å². The topological polar surface area (TPSA) is 74.5 Å². The van der Waals surface area contributed by atoms with Crippen molar-refractivity contribution in [2.75, 3.05) is 50.4 Å². The van der Waals surface area contributed by atoms with Gasteiger partial charge in [0, 0.05) is 74.0 Å². The van der Waals surface area contributed by atoms with Crippen LogP contribution < -0.4 is 11.1 Å². The number of aromatic nitrogens is 1. The van der Waals surface area contributed by atoms with Crippen LogP contribution in [0.15, 0.2) is 54.9 Å². The highest BCUT2D eigenvalue weighted by atomic mass is 19.4. The molecule has 0 radical (unpaired) electrons. The van der Waals surface area contributed by atoms with Crippen LogP contribution in [0.5, 0.6) is 0 Å². The lowest BCUT2D eigenvalue weighted by molar-refractivity contribution is -0.138. The summed E-state index contributed by atoms with van der Waals surface area (Å²) in [6.45, 7) is 4.20. The Hall–Kier alpha value is -3.94. The molecule has 1 amide bonds. The molecule has 1 aliphatic rings. The maximum atomic E-state index is 13.9. The molecule has 0 saturated carbocycles. The van der Waals surface area contributed by atoms with Crippen molar-refractivity contribution in [3.05, 3.63) is 88.2 Å². The third kappa shape index (κ3) is 7.56. The van der Waals surface area contributed by atoms with Crippen molar-refractivity contribution in [1.29, 1.82) is 0 Å². The van der Waals surface area contributed by atoms with E-state index in [1.807, 2.05) is 16.7 Å². The van der Waals surface area contributed by atoms with E-state index in [1.165, 1.54) is 18.3 Å². The zero-order valence-corrected chi connectivity index (χ0v) is 21.5. The van der Waals surface area contributed by atoms with Gasteiger partial charge >= 0.3 is 6.18 Å². The van der Waals surface area contributed by atoms with Crippen LogP contribution in [0.25, 0.3) is 0 Å². The first-order valence-electron chi connectivity index (χ1n) is 12.5. The number of carbonyl (C=O) groups is 1. The summed E-state index contributed by atoms with van der Waals surface area (Å²) >= 11 is 0. The summed E-state index contributed by atoms with van der Waals surface area (Å²) < 4.78 is 54.4. The fourth-order valence-corrected chi connectivity index (χ4v) is 4.35. The van der Waals surface area contributed by atoms with Gasteiger partial charge in [-0.3, -0.25) is 19.6 Å². The van der Waals surface area contributed by atoms with E-state index < -0.39 is 24.3 Å². The van der Waals surface area contributed by atoms with E-state index in [-0.39, 0.29) is 23.4 Å². The third-order valence-electron chi connectivity index (χ3n) is 6.53. The number of alkyl halides is 4. The zero-order chi connectivity index (χ0) is 28.0. The van der Waals surface area contributed by atoms with Gasteiger partial charge in [0.15, 0.2) is 0 Å². The molecule has 2 heterocycles. The highest BCUT2D eigenvalue weighted by molar-refractivity contribution is 6.04. The number of rotatable bonds is 6. The molecular weight excluding hydrogens is 510 g/mol. The molecule has 0 unspecified atom stereocenters. The van der Waals surface area contributed by atoms with Gasteiger partial charge in [0.25, 0.3) is 5.91 Å². The third-order valence-corrected chi connectivity index (χ3v) is 6.53. The summed E-state index contributed by atoms with van der Waals surface area (Å²) in [5.74, 6) is 5.41. The van der Waals surface area contributed by atoms with Gasteiger partial charge < -0.3 is 11.1 Å². The van der Waals surface area contributed by atoms with Crippen LogP contribution in [-0.4, -0.2) is 60.1 Å². The summed E-state index contributed by atoms with van der Waals surface area (Å²) in [6, 6.07) is 10.4. The molecule has 39 heavy (non-hydrogen) atoms. The van der Waals surface area contributed by atoms with E-state index in [0.717, 1.165) is 11.6 Å². The predicted octanol–water partition coefficient (Wildman–Crippen LogP) is 4.73. The first-order valence-corrected chi connectivity index (χ1v) is 12.5. The summed E-state index contributed by atoms with van der Waals surface area (Å²) in [5.41, 5.74) is 7.91. The lowest BCUT2D eigenvalue weighted by Crippen LogP contribution is -2.46. The van der Waals surface area contributed by atoms with Crippen LogP contribution in [0.1, 0.15) is 38.2 Å². The highest BCUT2D eigenvalue weighted by Gasteiger charge is 2.34. The number of aryl methyl sites for hydroxylation is 1. The molecule has 3 aromatic rings. The van der Waals surface area contributed by atoms with Gasteiger partial charge in [-0.1, -0.05) is 24.0 Å². The molecule has 2 aromatic carbocycles. The van der Waals surface area contributed by atoms with E-state index in [9.17, 15) is 22.4 Å². The number of anilines is 2. The fraction of sp³-hybridized carbons (Fsp3) is 0.310. The number of amides is 1. The first-order chi connectivity index (χ1) is 18.6. The number of carbonyl (C=O) groups excluding carboxylic acids is 1. The molecule has 1 aliphatic heterocycles. The standard InChI is InChI=1S/C29H29F4N5O/c1-20-2-4-23(15-22(20)5-3-21-14-25(34)18-35-17-21)28(39)36-26-7-6-24(27(16-26)29(31,32)33)19-38-12-10-37(9-8-30)11-13-38/h2,4,6-7,14-18H,8-13,19,34H2,1H3,(H,36,39). The quantitative estimate of drug-likeness (QED) is 0.350. The van der Waals surface area contributed by atoms with Gasteiger partial charge in [-0.25, -0.2) is 4.39 Å². The van der Waals surface area contributed by atoms with Crippen LogP contribution >= 0.6 is 0 Å². The Morgan fingerprint density at radius 2 is 1.77 bits per heavy atom. The Balaban J connectivity index is 1.49. The molecule has 1 aromatic heterocycles. The van der Waals surface area contributed by atoms with E-state index >= 15 is 0 Å². The van der Waals surface area contributed by atoms with Crippen molar-refractivity contribution in [3.63, 3.8) is 0 Å². The monoisotopic (exact) mass is 539 g/mol. The number of halogens is 4. The molecule has 4 rings (SSSR count). The second-order valence-electron chi connectivity index (χ2n) is 9.42. The van der Waals surface area contributed by atoms with Gasteiger partial charge in [0.1, 0.15) is 6.67 Å². The Bertz CT molecular complexity index is 1390. The number of nitrogens with zero attached hydrogens (tertiary/aromatic N) is 3. The summed E-state index contributed by atoms with van der Waals surface area (Å²) in [4.78, 5) is 20.8. The minimum absolute atomic E-state index is 0.0443. The molecule has 0 aliphatic carbocycles. The number of piperazine rings is 1. The van der Waals surface area contributed by atoms with Crippen LogP contribution in [0, 0.1) is 18.8 Å². The molecule has 1 fully saturated rings. The van der Waals surface area contributed by atoms with Crippen molar-refractivity contribution in [1.82, 2.24) is 14.8 Å². The van der Waals surface area contributed by atoms with E-state index in [4.69, 9.17) is 5.73 Å². The molecule has 204 valence electrons. The average molecular weight is 540 g/mol. The number of hydrogen-bond donors (Lipinski definition) is 2. The average Bonchev–Trinajstić information content (AvgIpc) is 2.90. The minimum Gasteiger partial charge on any atom is -0.397 e. The largest absolute Gasteiger partial charge is 0.416 e. The smallest absolute Gasteiger partial charge is 0.397 e. The van der Waals surface area contributed by atoms with Gasteiger partial charge in [0.2, 0.25) is 0 Å². The minimum atomic E-state index is -4.59. The number of hydrogen-bond acceptors (Lipinski definition) is 5. The molecule has 1 saturated heterocycles. The van der Waals surface area contributed by atoms with Crippen molar-refractivity contribution in [2.45, 2.75) is 19.6 Å². The maximum absolute atomic E-state index is 13.9. The Kier molecular flexibility index (Phi) is 8.84. The number of benzene rings is 2. The lowest BCUT2D eigenvalue weighted by atomic mass is 10.0. The lowest BCUT2D eigenvalue weighted by Gasteiger charge is -2.34. The van der Waals surface area contributed by atoms with Crippen LogP contribution in [-0.2, 0) is 12.7 Å². The number of nitrogens with two attached hydrogens (primary N) is 1. The van der Waals surface area contributed by atoms with Crippen molar-refractivity contribution >= 4 is 17.3 Å². The molecule has 0 bridgehead atoms. The maximum Gasteiger partial charge on any atom is 0.416 e. The second kappa shape index (κ2) is 12.3. The Morgan fingerprint density at radius 1 is 1.03 bits per heavy atom. The number of nitrogens with one attached hydrogen (secondary N) is 1. The van der Waals surface area contributed by atoms with Crippen molar-refractivity contribution in [2.24, 2.45) is 0 Å². The molecule has 6 nitrogen and oxygen atoms in total. The normalized spacial score (nSPS) is 14.5. The van der Waals surface area contributed by atoms with Gasteiger partial charge in [-0.15, -0.1) is 0 Å². The summed E-state index contributed by atoms with van der Waals surface area (Å²) in [7, 11) is 0. The molecule has 10 heteroatoms. The molecule has 0 spiro atoms. The van der Waals surface area contributed by atoms with E-state index in [2.05, 4.69) is 22.1 Å². The molecular formula is C29H29F4N5O. The van der Waals surface area contributed by atoms with Crippen LogP contribution in [0.3, 0.4) is 0 Å².